The number of anilines is 2. The van der Waals surface area contributed by atoms with Gasteiger partial charge in [-0.2, -0.15) is 10.2 Å². The fourth-order valence-electron chi connectivity index (χ4n) is 4.05. The largest absolute Gasteiger partial charge is 0.462 e. The van der Waals surface area contributed by atoms with Crippen LogP contribution in [0.2, 0.25) is 5.02 Å². The maximum atomic E-state index is 13.5. The van der Waals surface area contributed by atoms with Gasteiger partial charge >= 0.3 is 5.97 Å². The van der Waals surface area contributed by atoms with Crippen molar-refractivity contribution >= 4 is 29.2 Å². The number of hydrogen-bond acceptors (Lipinski definition) is 7. The van der Waals surface area contributed by atoms with Crippen LogP contribution in [0.4, 0.5) is 16.0 Å². The van der Waals surface area contributed by atoms with Crippen molar-refractivity contribution in [1.29, 1.82) is 0 Å². The van der Waals surface area contributed by atoms with E-state index >= 15 is 0 Å². The van der Waals surface area contributed by atoms with Gasteiger partial charge in [-0.05, 0) is 63.8 Å². The zero-order valence-electron chi connectivity index (χ0n) is 20.1. The van der Waals surface area contributed by atoms with Crippen molar-refractivity contribution < 1.29 is 13.9 Å². The average molecular weight is 510 g/mol. The third-order valence-electron chi connectivity index (χ3n) is 6.03. The van der Waals surface area contributed by atoms with E-state index < -0.39 is 5.97 Å². The van der Waals surface area contributed by atoms with Crippen molar-refractivity contribution in [2.45, 2.75) is 40.2 Å². The molecule has 9 nitrogen and oxygen atoms in total. The molecule has 0 spiro atoms. The fourth-order valence-corrected chi connectivity index (χ4v) is 4.34. The van der Waals surface area contributed by atoms with Crippen LogP contribution in [-0.4, -0.2) is 42.1 Å². The summed E-state index contributed by atoms with van der Waals surface area (Å²) in [5.41, 5.74) is 2.86. The number of carbonyl (C=O) groups is 1. The molecule has 1 aliphatic rings. The molecule has 5 rings (SSSR count). The van der Waals surface area contributed by atoms with Crippen LogP contribution < -0.4 is 5.32 Å². The molecule has 3 aromatic heterocycles. The quantitative estimate of drug-likeness (QED) is 0.323. The van der Waals surface area contributed by atoms with Gasteiger partial charge in [0.1, 0.15) is 40.1 Å². The lowest BCUT2D eigenvalue weighted by molar-refractivity contribution is 0.0524. The van der Waals surface area contributed by atoms with Gasteiger partial charge in [-0.25, -0.2) is 28.5 Å². The molecule has 0 amide bonds. The number of nitrogens with zero attached hydrogens (tertiary/aromatic N) is 6. The third-order valence-corrected chi connectivity index (χ3v) is 6.39. The Bertz CT molecular complexity index is 1430. The van der Waals surface area contributed by atoms with Crippen LogP contribution in [0.1, 0.15) is 41.5 Å². The van der Waals surface area contributed by atoms with Crippen LogP contribution in [0, 0.1) is 25.6 Å². The summed E-state index contributed by atoms with van der Waals surface area (Å²) in [6, 6.07) is 7.79. The molecule has 0 atom stereocenters. The van der Waals surface area contributed by atoms with Gasteiger partial charge < -0.3 is 10.1 Å². The molecule has 1 aromatic carbocycles. The number of rotatable bonds is 8. The van der Waals surface area contributed by atoms with Crippen molar-refractivity contribution in [3.05, 3.63) is 64.5 Å². The first-order valence-electron chi connectivity index (χ1n) is 11.7. The minimum Gasteiger partial charge on any atom is -0.462 e. The molecule has 0 saturated heterocycles. The van der Waals surface area contributed by atoms with Crippen LogP contribution in [0.25, 0.3) is 17.1 Å². The molecule has 1 N–H and O–H groups in total. The number of halogens is 2. The van der Waals surface area contributed by atoms with Gasteiger partial charge in [0.15, 0.2) is 5.82 Å². The van der Waals surface area contributed by atoms with E-state index in [4.69, 9.17) is 21.4 Å². The highest BCUT2D eigenvalue weighted by atomic mass is 35.5. The summed E-state index contributed by atoms with van der Waals surface area (Å²) in [5.74, 6) is 1.35. The molecular formula is C25H25ClFN7O2. The van der Waals surface area contributed by atoms with Crippen LogP contribution in [0.15, 0.2) is 36.7 Å². The summed E-state index contributed by atoms with van der Waals surface area (Å²) in [5, 5.41) is 12.9. The molecule has 1 saturated carbocycles. The van der Waals surface area contributed by atoms with Crippen LogP contribution in [-0.2, 0) is 11.3 Å². The maximum Gasteiger partial charge on any atom is 0.341 e. The molecule has 3 heterocycles. The minimum absolute atomic E-state index is 0.277. The Morgan fingerprint density at radius 1 is 1.19 bits per heavy atom. The van der Waals surface area contributed by atoms with E-state index in [0.717, 1.165) is 18.4 Å². The highest BCUT2D eigenvalue weighted by Gasteiger charge is 2.27. The maximum absolute atomic E-state index is 13.5. The number of nitrogens with one attached hydrogen (secondary N) is 1. The Morgan fingerprint density at radius 2 is 1.94 bits per heavy atom. The normalized spacial score (nSPS) is 13.1. The van der Waals surface area contributed by atoms with Crippen molar-refractivity contribution in [2.24, 2.45) is 5.92 Å². The monoisotopic (exact) mass is 509 g/mol. The lowest BCUT2D eigenvalue weighted by Crippen LogP contribution is -2.09. The number of carbonyl (C=O) groups excluding carboxylic acids is 1. The average Bonchev–Trinajstić information content (AvgIpc) is 3.56. The molecule has 0 radical (unpaired) electrons. The summed E-state index contributed by atoms with van der Waals surface area (Å²) in [6.45, 7) is 6.29. The predicted molar refractivity (Wildman–Crippen MR) is 133 cm³/mol. The molecule has 4 aromatic rings. The summed E-state index contributed by atoms with van der Waals surface area (Å²) < 4.78 is 22.0. The Balaban J connectivity index is 1.49. The second-order valence-electron chi connectivity index (χ2n) is 8.71. The minimum atomic E-state index is -0.421. The smallest absolute Gasteiger partial charge is 0.341 e. The van der Waals surface area contributed by atoms with Gasteiger partial charge in [0.2, 0.25) is 0 Å². The Labute approximate surface area is 212 Å². The van der Waals surface area contributed by atoms with E-state index in [-0.39, 0.29) is 12.4 Å². The molecule has 0 bridgehead atoms. The van der Waals surface area contributed by atoms with E-state index in [1.807, 2.05) is 4.68 Å². The van der Waals surface area contributed by atoms with E-state index in [0.29, 0.717) is 57.6 Å². The van der Waals surface area contributed by atoms with Crippen LogP contribution in [0.5, 0.6) is 0 Å². The molecule has 0 aliphatic heterocycles. The van der Waals surface area contributed by atoms with Gasteiger partial charge in [-0.3, -0.25) is 0 Å². The van der Waals surface area contributed by atoms with Gasteiger partial charge in [-0.1, -0.05) is 11.6 Å². The second-order valence-corrected chi connectivity index (χ2v) is 9.09. The van der Waals surface area contributed by atoms with E-state index in [1.54, 1.807) is 43.7 Å². The lowest BCUT2D eigenvalue weighted by atomic mass is 10.1. The molecule has 186 valence electrons. The first-order chi connectivity index (χ1) is 17.4. The summed E-state index contributed by atoms with van der Waals surface area (Å²) >= 11 is 6.78. The Morgan fingerprint density at radius 3 is 2.64 bits per heavy atom. The highest BCUT2D eigenvalue weighted by Crippen LogP contribution is 2.38. The molecule has 0 unspecified atom stereocenters. The van der Waals surface area contributed by atoms with Gasteiger partial charge in [-0.15, -0.1) is 0 Å². The van der Waals surface area contributed by atoms with Gasteiger partial charge in [0, 0.05) is 18.2 Å². The Kier molecular flexibility index (Phi) is 6.44. The topological polar surface area (TPSA) is 99.8 Å². The van der Waals surface area contributed by atoms with Gasteiger partial charge in [0.25, 0.3) is 0 Å². The zero-order chi connectivity index (χ0) is 25.4. The third kappa shape index (κ3) is 4.68. The standard InChI is InChI=1S/C25H25ClFN7O2/c1-4-36-25(35)21-14(2)31-34(15(21)3)20-11-19(28-13-29-20)30-24-22(26)23(17-7-9-18(27)10-8-17)32-33(24)12-16-5-6-16/h7-11,13,16H,4-6,12H2,1-3H3,(H,28,29,30). The van der Waals surface area contributed by atoms with Crippen molar-refractivity contribution in [3.63, 3.8) is 0 Å². The second kappa shape index (κ2) is 9.69. The van der Waals surface area contributed by atoms with Crippen LogP contribution >= 0.6 is 11.6 Å². The Hall–Kier alpha value is -3.79. The molecular weight excluding hydrogens is 485 g/mol. The lowest BCUT2D eigenvalue weighted by Gasteiger charge is -2.11. The highest BCUT2D eigenvalue weighted by molar-refractivity contribution is 6.35. The zero-order valence-corrected chi connectivity index (χ0v) is 20.9. The summed E-state index contributed by atoms with van der Waals surface area (Å²) in [4.78, 5) is 21.1. The SMILES string of the molecule is CCOC(=O)c1c(C)nn(-c2cc(Nc3c(Cl)c(-c4ccc(F)cc4)nn3CC3CC3)ncn2)c1C. The number of aromatic nitrogens is 6. The first kappa shape index (κ1) is 23.9. The first-order valence-corrected chi connectivity index (χ1v) is 12.1. The van der Waals surface area contributed by atoms with E-state index in [1.165, 1.54) is 18.5 Å². The van der Waals surface area contributed by atoms with Crippen molar-refractivity contribution in [2.75, 3.05) is 11.9 Å². The molecule has 11 heteroatoms. The summed E-state index contributed by atoms with van der Waals surface area (Å²) in [6.07, 6.45) is 3.69. The number of hydrogen-bond donors (Lipinski definition) is 1. The van der Waals surface area contributed by atoms with E-state index in [9.17, 15) is 9.18 Å². The number of ether oxygens (including phenoxy) is 1. The van der Waals surface area contributed by atoms with Crippen molar-refractivity contribution in [1.82, 2.24) is 29.5 Å². The number of aryl methyl sites for hydroxylation is 1. The summed E-state index contributed by atoms with van der Waals surface area (Å²) in [7, 11) is 0. The van der Waals surface area contributed by atoms with Crippen molar-refractivity contribution in [3.8, 4) is 17.1 Å². The number of benzene rings is 1. The molecule has 36 heavy (non-hydrogen) atoms. The number of esters is 1. The molecule has 1 fully saturated rings. The molecule has 1 aliphatic carbocycles. The van der Waals surface area contributed by atoms with Crippen LogP contribution in [0.3, 0.4) is 0 Å². The van der Waals surface area contributed by atoms with Gasteiger partial charge in [0.05, 0.1) is 18.0 Å². The van der Waals surface area contributed by atoms with E-state index in [2.05, 4.69) is 20.4 Å². The fraction of sp³-hybridized carbons (Fsp3) is 0.320. The predicted octanol–water partition coefficient (Wildman–Crippen LogP) is 5.27.